The number of aromatic amines is 1. The topological polar surface area (TPSA) is 89.4 Å². The number of benzene rings is 3. The summed E-state index contributed by atoms with van der Waals surface area (Å²) < 4.78 is 16.6. The number of H-pyrrole nitrogens is 1. The van der Waals surface area contributed by atoms with Crippen LogP contribution in [0.15, 0.2) is 77.4 Å². The summed E-state index contributed by atoms with van der Waals surface area (Å²) in [5.41, 5.74) is 4.32. The third-order valence-electron chi connectivity index (χ3n) is 6.09. The summed E-state index contributed by atoms with van der Waals surface area (Å²) in [7, 11) is 3.24. The molecule has 0 aliphatic heterocycles. The number of fused-ring (bicyclic) bond motifs is 2. The standard InChI is InChI=1S/C27H25N3O4/c1-32-25-13-7-10-18(27(25)33-2)21(20-15-28-22-11-5-3-8-17(20)22)16-29-26(31)14-23-19-9-4-6-12-24(19)34-30-23/h3-13,15,21,28H,14,16H2,1-2H3,(H,29,31)/t21-/m1/s1. The number of methoxy groups -OCH3 is 2. The third kappa shape index (κ3) is 3.96. The van der Waals surface area contributed by atoms with Gasteiger partial charge in [0.15, 0.2) is 17.1 Å². The monoisotopic (exact) mass is 455 g/mol. The number of nitrogens with one attached hydrogen (secondary N) is 2. The van der Waals surface area contributed by atoms with Gasteiger partial charge in [-0.3, -0.25) is 4.79 Å². The number of nitrogens with zero attached hydrogens (tertiary/aromatic N) is 1. The number of hydrogen-bond donors (Lipinski definition) is 2. The van der Waals surface area contributed by atoms with Gasteiger partial charge in [0.05, 0.1) is 20.6 Å². The van der Waals surface area contributed by atoms with Crippen LogP contribution >= 0.6 is 0 Å². The van der Waals surface area contributed by atoms with Crippen LogP contribution in [0.5, 0.6) is 11.5 Å². The summed E-state index contributed by atoms with van der Waals surface area (Å²) >= 11 is 0. The number of amides is 1. The van der Waals surface area contributed by atoms with Crippen LogP contribution in [0, 0.1) is 0 Å². The lowest BCUT2D eigenvalue weighted by Gasteiger charge is -2.22. The molecule has 5 rings (SSSR count). The lowest BCUT2D eigenvalue weighted by atomic mass is 9.89. The molecule has 0 spiro atoms. The number of rotatable bonds is 8. The van der Waals surface area contributed by atoms with Gasteiger partial charge in [-0.15, -0.1) is 0 Å². The van der Waals surface area contributed by atoms with Gasteiger partial charge in [0.1, 0.15) is 5.69 Å². The van der Waals surface area contributed by atoms with E-state index >= 15 is 0 Å². The van der Waals surface area contributed by atoms with E-state index in [-0.39, 0.29) is 18.2 Å². The molecule has 0 saturated heterocycles. The maximum atomic E-state index is 12.9. The summed E-state index contributed by atoms with van der Waals surface area (Å²) in [6.45, 7) is 0.375. The van der Waals surface area contributed by atoms with Gasteiger partial charge in [0.2, 0.25) is 5.91 Å². The normalized spacial score (nSPS) is 12.1. The Labute approximate surface area is 196 Å². The first kappa shape index (κ1) is 21.6. The molecule has 1 amide bonds. The number of ether oxygens (including phenoxy) is 2. The molecule has 2 heterocycles. The Morgan fingerprint density at radius 1 is 0.971 bits per heavy atom. The van der Waals surface area contributed by atoms with Crippen molar-refractivity contribution < 1.29 is 18.8 Å². The first-order chi connectivity index (χ1) is 16.7. The maximum Gasteiger partial charge on any atom is 0.226 e. The largest absolute Gasteiger partial charge is 0.493 e. The van der Waals surface area contributed by atoms with Gasteiger partial charge in [-0.25, -0.2) is 0 Å². The van der Waals surface area contributed by atoms with Crippen LogP contribution < -0.4 is 14.8 Å². The van der Waals surface area contributed by atoms with Crippen molar-refractivity contribution in [3.63, 3.8) is 0 Å². The molecule has 7 heteroatoms. The van der Waals surface area contributed by atoms with Crippen LogP contribution in [0.2, 0.25) is 0 Å². The molecule has 2 aromatic heterocycles. The molecule has 0 bridgehead atoms. The summed E-state index contributed by atoms with van der Waals surface area (Å²) in [5, 5.41) is 9.12. The average Bonchev–Trinajstić information content (AvgIpc) is 3.48. The van der Waals surface area contributed by atoms with Crippen molar-refractivity contribution in [2.24, 2.45) is 0 Å². The van der Waals surface area contributed by atoms with Gasteiger partial charge >= 0.3 is 0 Å². The molecule has 0 unspecified atom stereocenters. The van der Waals surface area contributed by atoms with Crippen LogP contribution in [0.3, 0.4) is 0 Å². The van der Waals surface area contributed by atoms with Gasteiger partial charge in [0, 0.05) is 40.5 Å². The third-order valence-corrected chi connectivity index (χ3v) is 6.09. The predicted molar refractivity (Wildman–Crippen MR) is 130 cm³/mol. The molecule has 0 radical (unpaired) electrons. The van der Waals surface area contributed by atoms with Crippen molar-refractivity contribution in [2.75, 3.05) is 20.8 Å². The molecule has 1 atom stereocenters. The molecular formula is C27H25N3O4. The van der Waals surface area contributed by atoms with Crippen LogP contribution in [0.1, 0.15) is 22.7 Å². The van der Waals surface area contributed by atoms with Crippen molar-refractivity contribution in [1.29, 1.82) is 0 Å². The molecule has 172 valence electrons. The van der Waals surface area contributed by atoms with Gasteiger partial charge in [0.25, 0.3) is 0 Å². The second-order valence-corrected chi connectivity index (χ2v) is 8.03. The fourth-order valence-corrected chi connectivity index (χ4v) is 4.45. The molecular weight excluding hydrogens is 430 g/mol. The minimum Gasteiger partial charge on any atom is -0.493 e. The SMILES string of the molecule is COc1cccc([C@@H](CNC(=O)Cc2noc3ccccc23)c2c[nH]c3ccccc23)c1OC. The minimum atomic E-state index is -0.167. The maximum absolute atomic E-state index is 12.9. The van der Waals surface area contributed by atoms with Gasteiger partial charge in [-0.2, -0.15) is 0 Å². The van der Waals surface area contributed by atoms with Crippen molar-refractivity contribution in [3.05, 3.63) is 89.7 Å². The second-order valence-electron chi connectivity index (χ2n) is 8.03. The van der Waals surface area contributed by atoms with Gasteiger partial charge in [-0.05, 0) is 29.8 Å². The average molecular weight is 456 g/mol. The van der Waals surface area contributed by atoms with E-state index in [1.165, 1.54) is 0 Å². The Morgan fingerprint density at radius 3 is 2.59 bits per heavy atom. The molecule has 0 saturated carbocycles. The highest BCUT2D eigenvalue weighted by Crippen LogP contribution is 2.40. The van der Waals surface area contributed by atoms with Gasteiger partial charge < -0.3 is 24.3 Å². The Morgan fingerprint density at radius 2 is 1.76 bits per heavy atom. The first-order valence-electron chi connectivity index (χ1n) is 11.1. The molecule has 7 nitrogen and oxygen atoms in total. The number of hydrogen-bond acceptors (Lipinski definition) is 5. The molecule has 34 heavy (non-hydrogen) atoms. The van der Waals surface area contributed by atoms with E-state index < -0.39 is 0 Å². The fourth-order valence-electron chi connectivity index (χ4n) is 4.45. The lowest BCUT2D eigenvalue weighted by Crippen LogP contribution is -2.30. The van der Waals surface area contributed by atoms with E-state index in [0.29, 0.717) is 29.3 Å². The van der Waals surface area contributed by atoms with E-state index in [1.54, 1.807) is 14.2 Å². The van der Waals surface area contributed by atoms with Crippen molar-refractivity contribution in [3.8, 4) is 11.5 Å². The molecule has 0 aliphatic rings. The van der Waals surface area contributed by atoms with E-state index in [1.807, 2.05) is 66.9 Å². The van der Waals surface area contributed by atoms with Gasteiger partial charge in [-0.1, -0.05) is 47.6 Å². The molecule has 0 fully saturated rings. The zero-order chi connectivity index (χ0) is 23.5. The van der Waals surface area contributed by atoms with Crippen LogP contribution in [0.25, 0.3) is 21.9 Å². The first-order valence-corrected chi connectivity index (χ1v) is 11.1. The second kappa shape index (κ2) is 9.31. The van der Waals surface area contributed by atoms with Crippen LogP contribution in [-0.2, 0) is 11.2 Å². The molecule has 5 aromatic rings. The Hall–Kier alpha value is -4.26. The number of aromatic nitrogens is 2. The Balaban J connectivity index is 1.46. The van der Waals surface area contributed by atoms with E-state index in [0.717, 1.165) is 27.4 Å². The van der Waals surface area contributed by atoms with Crippen molar-refractivity contribution >= 4 is 27.8 Å². The quantitative estimate of drug-likeness (QED) is 0.350. The Kier molecular flexibility index (Phi) is 5.91. The van der Waals surface area contributed by atoms with Crippen molar-refractivity contribution in [2.45, 2.75) is 12.3 Å². The molecule has 3 aromatic carbocycles. The highest BCUT2D eigenvalue weighted by molar-refractivity contribution is 5.87. The summed E-state index contributed by atoms with van der Waals surface area (Å²) in [6, 6.07) is 21.4. The Bertz CT molecular complexity index is 1450. The summed E-state index contributed by atoms with van der Waals surface area (Å²) in [4.78, 5) is 16.3. The highest BCUT2D eigenvalue weighted by atomic mass is 16.5. The summed E-state index contributed by atoms with van der Waals surface area (Å²) in [5.74, 6) is 0.993. The smallest absolute Gasteiger partial charge is 0.226 e. The molecule has 0 aliphatic carbocycles. The highest BCUT2D eigenvalue weighted by Gasteiger charge is 2.24. The zero-order valence-electron chi connectivity index (χ0n) is 19.0. The number of carbonyl (C=O) groups excluding carboxylic acids is 1. The fraction of sp³-hybridized carbons (Fsp3) is 0.185. The van der Waals surface area contributed by atoms with Crippen molar-refractivity contribution in [1.82, 2.24) is 15.5 Å². The minimum absolute atomic E-state index is 0.132. The number of carbonyl (C=O) groups is 1. The van der Waals surface area contributed by atoms with Crippen LogP contribution in [-0.4, -0.2) is 36.8 Å². The van der Waals surface area contributed by atoms with Crippen LogP contribution in [0.4, 0.5) is 0 Å². The van der Waals surface area contributed by atoms with E-state index in [9.17, 15) is 4.79 Å². The van der Waals surface area contributed by atoms with E-state index in [2.05, 4.69) is 21.5 Å². The number of para-hydroxylation sites is 3. The summed E-state index contributed by atoms with van der Waals surface area (Å²) in [6.07, 6.45) is 2.12. The zero-order valence-corrected chi connectivity index (χ0v) is 19.0. The van der Waals surface area contributed by atoms with E-state index in [4.69, 9.17) is 14.0 Å². The predicted octanol–water partition coefficient (Wildman–Crippen LogP) is 4.82. The molecule has 2 N–H and O–H groups in total. The lowest BCUT2D eigenvalue weighted by molar-refractivity contribution is -0.120.